The van der Waals surface area contributed by atoms with E-state index in [0.29, 0.717) is 17.1 Å². The molecule has 0 saturated carbocycles. The van der Waals surface area contributed by atoms with E-state index in [0.717, 1.165) is 0 Å². The van der Waals surface area contributed by atoms with Crippen molar-refractivity contribution in [2.24, 2.45) is 5.73 Å². The maximum atomic E-state index is 12.5. The maximum Gasteiger partial charge on any atom is 0.338 e. The second kappa shape index (κ2) is 8.22. The molecule has 28 heavy (non-hydrogen) atoms. The van der Waals surface area contributed by atoms with E-state index in [4.69, 9.17) is 19.9 Å². The Kier molecular flexibility index (Phi) is 5.56. The van der Waals surface area contributed by atoms with Crippen LogP contribution in [-0.2, 0) is 14.3 Å². The monoisotopic (exact) mass is 378 g/mol. The summed E-state index contributed by atoms with van der Waals surface area (Å²) in [6.45, 7) is 3.53. The smallest absolute Gasteiger partial charge is 0.338 e. The quantitative estimate of drug-likeness (QED) is 0.789. The Bertz CT molecular complexity index is 976. The van der Waals surface area contributed by atoms with Crippen LogP contribution in [-0.4, -0.2) is 22.5 Å². The van der Waals surface area contributed by atoms with Crippen LogP contribution >= 0.6 is 0 Å². The van der Waals surface area contributed by atoms with Gasteiger partial charge in [-0.2, -0.15) is 5.26 Å². The average molecular weight is 378 g/mol. The zero-order valence-corrected chi connectivity index (χ0v) is 15.4. The Balaban J connectivity index is 1.96. The summed E-state index contributed by atoms with van der Waals surface area (Å²) in [6, 6.07) is 10.8. The highest BCUT2D eigenvalue weighted by atomic mass is 16.5. The highest BCUT2D eigenvalue weighted by molar-refractivity contribution is 5.92. The van der Waals surface area contributed by atoms with Crippen molar-refractivity contribution < 1.29 is 19.0 Å². The van der Waals surface area contributed by atoms with Crippen LogP contribution in [0, 0.1) is 11.3 Å². The first-order valence-electron chi connectivity index (χ1n) is 8.55. The van der Waals surface area contributed by atoms with Crippen LogP contribution in [0.3, 0.4) is 0 Å². The molecule has 0 fully saturated rings. The Morgan fingerprint density at radius 2 is 1.96 bits per heavy atom. The van der Waals surface area contributed by atoms with Crippen LogP contribution in [0.5, 0.6) is 11.8 Å². The van der Waals surface area contributed by atoms with Crippen LogP contribution in [0.15, 0.2) is 65.5 Å². The fourth-order valence-corrected chi connectivity index (χ4v) is 2.86. The van der Waals surface area contributed by atoms with Crippen molar-refractivity contribution in [1.82, 2.24) is 9.97 Å². The average Bonchev–Trinajstić information content (AvgIpc) is 2.69. The fourth-order valence-electron chi connectivity index (χ4n) is 2.86. The Hall–Kier alpha value is -3.86. The maximum absolute atomic E-state index is 12.5. The predicted octanol–water partition coefficient (Wildman–Crippen LogP) is 2.91. The summed E-state index contributed by atoms with van der Waals surface area (Å²) in [6.07, 6.45) is 3.15. The molecule has 0 saturated heterocycles. The van der Waals surface area contributed by atoms with Crippen molar-refractivity contribution in [3.63, 3.8) is 0 Å². The van der Waals surface area contributed by atoms with Crippen LogP contribution in [0.25, 0.3) is 0 Å². The molecular weight excluding hydrogens is 360 g/mol. The van der Waals surface area contributed by atoms with Gasteiger partial charge in [-0.3, -0.25) is 0 Å². The van der Waals surface area contributed by atoms with Crippen LogP contribution in [0.2, 0.25) is 0 Å². The summed E-state index contributed by atoms with van der Waals surface area (Å²) >= 11 is 0. The molecule has 1 aromatic heterocycles. The number of esters is 1. The second-order valence-electron chi connectivity index (χ2n) is 5.82. The van der Waals surface area contributed by atoms with Crippen molar-refractivity contribution in [3.8, 4) is 17.8 Å². The normalized spacial score (nSPS) is 16.2. The molecule has 0 amide bonds. The molecule has 0 spiro atoms. The number of benzene rings is 1. The third-order valence-corrected chi connectivity index (χ3v) is 4.07. The van der Waals surface area contributed by atoms with Gasteiger partial charge in [0.2, 0.25) is 5.88 Å². The molecular formula is C20H18N4O4. The van der Waals surface area contributed by atoms with Gasteiger partial charge < -0.3 is 19.9 Å². The molecule has 0 bridgehead atoms. The van der Waals surface area contributed by atoms with Crippen LogP contribution < -0.4 is 10.5 Å². The molecule has 2 heterocycles. The second-order valence-corrected chi connectivity index (χ2v) is 5.82. The Morgan fingerprint density at radius 3 is 2.57 bits per heavy atom. The summed E-state index contributed by atoms with van der Waals surface area (Å²) in [5.41, 5.74) is 6.95. The molecule has 8 heteroatoms. The lowest BCUT2D eigenvalue weighted by Crippen LogP contribution is -2.25. The summed E-state index contributed by atoms with van der Waals surface area (Å²) in [5.74, 6) is -0.465. The number of carbonyl (C=O) groups is 1. The first kappa shape index (κ1) is 18.9. The van der Waals surface area contributed by atoms with Gasteiger partial charge in [-0.25, -0.2) is 14.8 Å². The van der Waals surface area contributed by atoms with E-state index < -0.39 is 11.9 Å². The lowest BCUT2D eigenvalue weighted by Gasteiger charge is -2.26. The molecule has 142 valence electrons. The van der Waals surface area contributed by atoms with E-state index >= 15 is 0 Å². The molecule has 8 nitrogen and oxygen atoms in total. The lowest BCUT2D eigenvalue weighted by molar-refractivity contribution is -0.139. The van der Waals surface area contributed by atoms with Gasteiger partial charge in [0.05, 0.1) is 18.1 Å². The lowest BCUT2D eigenvalue weighted by atomic mass is 9.83. The number of hydrogen-bond donors (Lipinski definition) is 1. The number of allylic oxidation sites excluding steroid dienone is 2. The minimum absolute atomic E-state index is 0.0314. The number of rotatable bonds is 5. The highest BCUT2D eigenvalue weighted by Gasteiger charge is 2.36. The molecule has 1 aliphatic rings. The highest BCUT2D eigenvalue weighted by Crippen LogP contribution is 2.40. The fraction of sp³-hybridized carbons (Fsp3) is 0.200. The van der Waals surface area contributed by atoms with E-state index in [1.165, 1.54) is 0 Å². The summed E-state index contributed by atoms with van der Waals surface area (Å²) < 4.78 is 16.1. The van der Waals surface area contributed by atoms with E-state index in [1.807, 2.05) is 6.07 Å². The summed E-state index contributed by atoms with van der Waals surface area (Å²) in [7, 11) is 0. The van der Waals surface area contributed by atoms with Gasteiger partial charge in [-0.1, -0.05) is 12.1 Å². The minimum Gasteiger partial charge on any atom is -0.463 e. The number of ether oxygens (including phenoxy) is 3. The van der Waals surface area contributed by atoms with Crippen molar-refractivity contribution in [2.45, 2.75) is 19.8 Å². The van der Waals surface area contributed by atoms with Gasteiger partial charge >= 0.3 is 12.0 Å². The first-order chi connectivity index (χ1) is 13.5. The number of hydrogen-bond acceptors (Lipinski definition) is 8. The third kappa shape index (κ3) is 3.78. The van der Waals surface area contributed by atoms with E-state index in [1.54, 1.807) is 56.6 Å². The molecule has 0 aliphatic carbocycles. The molecule has 2 aromatic rings. The molecule has 0 radical (unpaired) electrons. The number of nitriles is 1. The molecule has 1 aromatic carbocycles. The molecule has 1 aliphatic heterocycles. The molecule has 1 unspecified atom stereocenters. The summed E-state index contributed by atoms with van der Waals surface area (Å²) in [4.78, 5) is 20.5. The summed E-state index contributed by atoms with van der Waals surface area (Å²) in [5, 5.41) is 9.57. The molecule has 3 rings (SSSR count). The topological polar surface area (TPSA) is 120 Å². The SMILES string of the molecule is CCOC(=O)C1=C(C)OC(N)=C(C#N)C1c1ccc(Oc2ncccn2)cc1. The number of aromatic nitrogens is 2. The number of nitrogens with zero attached hydrogens (tertiary/aromatic N) is 3. The molecule has 2 N–H and O–H groups in total. The zero-order valence-electron chi connectivity index (χ0n) is 15.4. The van der Waals surface area contributed by atoms with Crippen molar-refractivity contribution >= 4 is 5.97 Å². The van der Waals surface area contributed by atoms with Crippen molar-refractivity contribution in [1.29, 1.82) is 5.26 Å². The van der Waals surface area contributed by atoms with Crippen molar-refractivity contribution in [2.75, 3.05) is 6.61 Å². The number of nitrogens with two attached hydrogens (primary N) is 1. The van der Waals surface area contributed by atoms with Crippen LogP contribution in [0.4, 0.5) is 0 Å². The predicted molar refractivity (Wildman–Crippen MR) is 98.5 cm³/mol. The van der Waals surface area contributed by atoms with Gasteiger partial charge in [0.15, 0.2) is 0 Å². The Labute approximate surface area is 161 Å². The van der Waals surface area contributed by atoms with E-state index in [2.05, 4.69) is 9.97 Å². The van der Waals surface area contributed by atoms with Gasteiger partial charge in [0.25, 0.3) is 0 Å². The zero-order chi connectivity index (χ0) is 20.1. The van der Waals surface area contributed by atoms with Gasteiger partial charge in [0, 0.05) is 12.4 Å². The third-order valence-electron chi connectivity index (χ3n) is 4.07. The van der Waals surface area contributed by atoms with Crippen LogP contribution in [0.1, 0.15) is 25.3 Å². The van der Waals surface area contributed by atoms with E-state index in [-0.39, 0.29) is 29.6 Å². The molecule has 1 atom stereocenters. The van der Waals surface area contributed by atoms with Gasteiger partial charge in [-0.05, 0) is 37.6 Å². The van der Waals surface area contributed by atoms with Gasteiger partial charge in [-0.15, -0.1) is 0 Å². The van der Waals surface area contributed by atoms with Crippen molar-refractivity contribution in [3.05, 3.63) is 71.1 Å². The van der Waals surface area contributed by atoms with E-state index in [9.17, 15) is 10.1 Å². The number of carbonyl (C=O) groups excluding carboxylic acids is 1. The van der Waals surface area contributed by atoms with Gasteiger partial charge in [0.1, 0.15) is 23.2 Å². The standard InChI is InChI=1S/C20H18N4O4/c1-3-26-19(25)16-12(2)27-18(22)15(11-21)17(16)13-5-7-14(8-6-13)28-20-23-9-4-10-24-20/h4-10,17H,3,22H2,1-2H3. The largest absolute Gasteiger partial charge is 0.463 e. The first-order valence-corrected chi connectivity index (χ1v) is 8.55. The minimum atomic E-state index is -0.695. The Morgan fingerprint density at radius 1 is 1.29 bits per heavy atom.